The molecular weight excluding hydrogens is 160 g/mol. The van der Waals surface area contributed by atoms with Crippen molar-refractivity contribution in [2.24, 2.45) is 4.99 Å². The lowest BCUT2D eigenvalue weighted by molar-refractivity contribution is 0.290. The van der Waals surface area contributed by atoms with E-state index < -0.39 is 0 Å². The van der Waals surface area contributed by atoms with Crippen molar-refractivity contribution in [1.29, 1.82) is 0 Å². The van der Waals surface area contributed by atoms with E-state index in [0.29, 0.717) is 5.88 Å². The number of allylic oxidation sites excluding steroid dienone is 1. The van der Waals surface area contributed by atoms with Gasteiger partial charge in [-0.1, -0.05) is 11.8 Å². The second-order valence-electron chi connectivity index (χ2n) is 2.39. The fourth-order valence-electron chi connectivity index (χ4n) is 1.05. The Morgan fingerprint density at radius 2 is 2.55 bits per heavy atom. The van der Waals surface area contributed by atoms with Gasteiger partial charge in [0.25, 0.3) is 0 Å². The van der Waals surface area contributed by atoms with Gasteiger partial charge >= 0.3 is 0 Å². The number of hydrogen-bond acceptors (Lipinski definition) is 4. The number of rotatable bonds is 0. The van der Waals surface area contributed by atoms with Gasteiger partial charge in [0.2, 0.25) is 5.88 Å². The van der Waals surface area contributed by atoms with Crippen molar-refractivity contribution in [2.75, 3.05) is 6.54 Å². The number of aliphatic hydroxyl groups is 1. The van der Waals surface area contributed by atoms with Gasteiger partial charge in [0.05, 0.1) is 0 Å². The molecule has 2 aliphatic heterocycles. The zero-order valence-corrected chi connectivity index (χ0v) is 6.93. The molecule has 0 aromatic carbocycles. The second kappa shape index (κ2) is 2.30. The second-order valence-corrected chi connectivity index (χ2v) is 3.57. The Bertz CT molecular complexity index is 280. The molecule has 0 aliphatic carbocycles. The van der Waals surface area contributed by atoms with Crippen molar-refractivity contribution in [1.82, 2.24) is 4.90 Å². The summed E-state index contributed by atoms with van der Waals surface area (Å²) < 4.78 is 0. The van der Waals surface area contributed by atoms with Gasteiger partial charge in [-0.05, 0) is 13.0 Å². The molecule has 0 aromatic heterocycles. The molecule has 4 heteroatoms. The first kappa shape index (κ1) is 6.79. The highest BCUT2D eigenvalue weighted by Gasteiger charge is 2.26. The Morgan fingerprint density at radius 1 is 1.73 bits per heavy atom. The fourth-order valence-corrected chi connectivity index (χ4v) is 1.91. The predicted molar refractivity (Wildman–Crippen MR) is 46.2 cm³/mol. The van der Waals surface area contributed by atoms with E-state index in [1.54, 1.807) is 11.1 Å². The Hall–Kier alpha value is -0.900. The third-order valence-corrected chi connectivity index (χ3v) is 2.62. The average Bonchev–Trinajstić information content (AvgIpc) is 2.30. The van der Waals surface area contributed by atoms with Gasteiger partial charge in [-0.2, -0.15) is 0 Å². The van der Waals surface area contributed by atoms with E-state index in [4.69, 9.17) is 0 Å². The number of aliphatic imine (C=N–C) groups is 1. The molecule has 0 bridgehead atoms. The first-order valence-corrected chi connectivity index (χ1v) is 4.19. The highest BCUT2D eigenvalue weighted by molar-refractivity contribution is 8.17. The van der Waals surface area contributed by atoms with Crippen LogP contribution in [-0.4, -0.2) is 21.7 Å². The van der Waals surface area contributed by atoms with Crippen LogP contribution in [0.25, 0.3) is 0 Å². The van der Waals surface area contributed by atoms with E-state index in [1.165, 1.54) is 11.8 Å². The number of nitrogens with zero attached hydrogens (tertiary/aromatic N) is 2. The minimum Gasteiger partial charge on any atom is -0.494 e. The van der Waals surface area contributed by atoms with Crippen molar-refractivity contribution < 1.29 is 5.11 Å². The van der Waals surface area contributed by atoms with Gasteiger partial charge in [0.1, 0.15) is 0 Å². The van der Waals surface area contributed by atoms with Gasteiger partial charge in [-0.3, -0.25) is 4.90 Å². The zero-order valence-electron chi connectivity index (χ0n) is 6.11. The average molecular weight is 168 g/mol. The minimum atomic E-state index is 0.345. The molecule has 0 spiro atoms. The van der Waals surface area contributed by atoms with Crippen LogP contribution in [0.5, 0.6) is 0 Å². The summed E-state index contributed by atoms with van der Waals surface area (Å²) in [4.78, 5) is 6.83. The molecule has 0 saturated heterocycles. The van der Waals surface area contributed by atoms with Crippen molar-refractivity contribution in [2.45, 2.75) is 6.92 Å². The molecule has 1 N–H and O–H groups in total. The Kier molecular flexibility index (Phi) is 1.42. The van der Waals surface area contributed by atoms with Crippen molar-refractivity contribution in [3.8, 4) is 0 Å². The zero-order chi connectivity index (χ0) is 7.84. The van der Waals surface area contributed by atoms with Gasteiger partial charge in [0, 0.05) is 17.6 Å². The standard InChI is InChI=1S/C7H8N2OS/c1-5-6(10)9-4-2-3-8-7(9)11-5/h2-3,10H,4H2,1H3. The van der Waals surface area contributed by atoms with E-state index in [0.717, 1.165) is 16.6 Å². The highest BCUT2D eigenvalue weighted by atomic mass is 32.2. The Labute approximate surface area is 69.1 Å². The van der Waals surface area contributed by atoms with Crippen molar-refractivity contribution in [3.05, 3.63) is 23.1 Å². The van der Waals surface area contributed by atoms with Crippen molar-refractivity contribution in [3.63, 3.8) is 0 Å². The minimum absolute atomic E-state index is 0.345. The third kappa shape index (κ3) is 0.939. The molecule has 11 heavy (non-hydrogen) atoms. The molecule has 0 aromatic rings. The molecule has 58 valence electrons. The third-order valence-electron chi connectivity index (χ3n) is 1.62. The maximum atomic E-state index is 9.46. The Balaban J connectivity index is 2.34. The van der Waals surface area contributed by atoms with Crippen LogP contribution in [0.4, 0.5) is 0 Å². The number of thioether (sulfide) groups is 1. The van der Waals surface area contributed by atoms with Gasteiger partial charge in [-0.25, -0.2) is 4.99 Å². The van der Waals surface area contributed by atoms with Crippen LogP contribution in [0.1, 0.15) is 6.92 Å². The summed E-state index contributed by atoms with van der Waals surface area (Å²) in [5.41, 5.74) is 0. The lowest BCUT2D eigenvalue weighted by Crippen LogP contribution is -2.25. The molecular formula is C7H8N2OS. The van der Waals surface area contributed by atoms with E-state index in [1.807, 2.05) is 13.0 Å². The largest absolute Gasteiger partial charge is 0.494 e. The van der Waals surface area contributed by atoms with Crippen molar-refractivity contribution >= 4 is 16.9 Å². The SMILES string of the molecule is CC1=C(O)N2CC=CN=C2S1. The van der Waals surface area contributed by atoms with Gasteiger partial charge in [-0.15, -0.1) is 0 Å². The Morgan fingerprint density at radius 3 is 3.27 bits per heavy atom. The molecule has 2 heterocycles. The molecule has 0 amide bonds. The van der Waals surface area contributed by atoms with Crippen LogP contribution in [0.15, 0.2) is 28.1 Å². The summed E-state index contributed by atoms with van der Waals surface area (Å²) >= 11 is 1.51. The molecule has 0 unspecified atom stereocenters. The fraction of sp³-hybridized carbons (Fsp3) is 0.286. The summed E-state index contributed by atoms with van der Waals surface area (Å²) in [6.07, 6.45) is 3.68. The highest BCUT2D eigenvalue weighted by Crippen LogP contribution is 2.33. The van der Waals surface area contributed by atoms with Gasteiger partial charge in [0.15, 0.2) is 5.17 Å². The summed E-state index contributed by atoms with van der Waals surface area (Å²) in [5, 5.41) is 10.3. The normalized spacial score (nSPS) is 22.3. The smallest absolute Gasteiger partial charge is 0.203 e. The molecule has 0 fully saturated rings. The molecule has 0 atom stereocenters. The first-order valence-electron chi connectivity index (χ1n) is 3.37. The van der Waals surface area contributed by atoms with E-state index >= 15 is 0 Å². The lowest BCUT2D eigenvalue weighted by atomic mass is 10.5. The van der Waals surface area contributed by atoms with Gasteiger partial charge < -0.3 is 5.11 Å². The number of amidine groups is 1. The number of aliphatic hydroxyl groups excluding tert-OH is 1. The van der Waals surface area contributed by atoms with E-state index in [-0.39, 0.29) is 0 Å². The monoisotopic (exact) mass is 168 g/mol. The molecule has 0 radical (unpaired) electrons. The number of hydrogen-bond donors (Lipinski definition) is 1. The quantitative estimate of drug-likeness (QED) is 0.597. The lowest BCUT2D eigenvalue weighted by Gasteiger charge is -2.17. The molecule has 2 rings (SSSR count). The maximum absolute atomic E-state index is 9.46. The van der Waals surface area contributed by atoms with E-state index in [2.05, 4.69) is 4.99 Å². The van der Waals surface area contributed by atoms with Crippen LogP contribution in [0, 0.1) is 0 Å². The van der Waals surface area contributed by atoms with Crippen LogP contribution in [-0.2, 0) is 0 Å². The van der Waals surface area contributed by atoms with Crippen LogP contribution >= 0.6 is 11.8 Å². The maximum Gasteiger partial charge on any atom is 0.203 e. The number of fused-ring (bicyclic) bond motifs is 1. The molecule has 0 saturated carbocycles. The molecule has 3 nitrogen and oxygen atoms in total. The van der Waals surface area contributed by atoms with Crippen LogP contribution < -0.4 is 0 Å². The van der Waals surface area contributed by atoms with Crippen LogP contribution in [0.3, 0.4) is 0 Å². The van der Waals surface area contributed by atoms with E-state index in [9.17, 15) is 5.11 Å². The van der Waals surface area contributed by atoms with Crippen LogP contribution in [0.2, 0.25) is 0 Å². The summed E-state index contributed by atoms with van der Waals surface area (Å²) in [5.74, 6) is 0.345. The molecule has 2 aliphatic rings. The summed E-state index contributed by atoms with van der Waals surface area (Å²) in [6.45, 7) is 2.62. The summed E-state index contributed by atoms with van der Waals surface area (Å²) in [6, 6.07) is 0. The predicted octanol–water partition coefficient (Wildman–Crippen LogP) is 1.67. The topological polar surface area (TPSA) is 35.8 Å². The first-order chi connectivity index (χ1) is 5.29. The summed E-state index contributed by atoms with van der Waals surface area (Å²) in [7, 11) is 0.